The first-order valence-corrected chi connectivity index (χ1v) is 10.9. The summed E-state index contributed by atoms with van der Waals surface area (Å²) in [4.78, 5) is 11.9. The molecule has 0 saturated carbocycles. The molecule has 0 aliphatic heterocycles. The van der Waals surface area contributed by atoms with Crippen LogP contribution in [0, 0.1) is 0 Å². The summed E-state index contributed by atoms with van der Waals surface area (Å²) < 4.78 is 32.9. The van der Waals surface area contributed by atoms with Gasteiger partial charge in [-0.25, -0.2) is 8.42 Å². The molecule has 27 heavy (non-hydrogen) atoms. The number of sulfonamides is 1. The van der Waals surface area contributed by atoms with E-state index < -0.39 is 10.0 Å². The van der Waals surface area contributed by atoms with Gasteiger partial charge in [0.25, 0.3) is 10.0 Å². The Labute approximate surface area is 163 Å². The Bertz CT molecular complexity index is 900. The van der Waals surface area contributed by atoms with Crippen molar-refractivity contribution >= 4 is 39.1 Å². The van der Waals surface area contributed by atoms with Gasteiger partial charge in [-0.15, -0.1) is 0 Å². The predicted molar refractivity (Wildman–Crippen MR) is 108 cm³/mol. The molecule has 9 heteroatoms. The predicted octanol–water partition coefficient (Wildman–Crippen LogP) is 3.28. The van der Waals surface area contributed by atoms with Crippen LogP contribution in [0.5, 0.6) is 11.5 Å². The Morgan fingerprint density at radius 2 is 1.93 bits per heavy atom. The van der Waals surface area contributed by atoms with E-state index in [1.807, 2.05) is 6.92 Å². The SMILES string of the molecule is CCCSCC(=O)Nc1cc(S(=O)(=O)Nc2ccccc2OC)ccc1O. The number of rotatable bonds is 9. The quantitative estimate of drug-likeness (QED) is 0.433. The maximum atomic E-state index is 12.7. The van der Waals surface area contributed by atoms with Crippen LogP contribution in [0.15, 0.2) is 47.4 Å². The number of nitrogens with one attached hydrogen (secondary N) is 2. The molecule has 0 spiro atoms. The lowest BCUT2D eigenvalue weighted by Crippen LogP contribution is -2.16. The molecule has 0 bridgehead atoms. The van der Waals surface area contributed by atoms with Gasteiger partial charge in [-0.2, -0.15) is 11.8 Å². The number of hydrogen-bond donors (Lipinski definition) is 3. The van der Waals surface area contributed by atoms with Crippen molar-refractivity contribution in [2.75, 3.05) is 28.7 Å². The zero-order valence-corrected chi connectivity index (χ0v) is 16.7. The first kappa shape index (κ1) is 20.9. The van der Waals surface area contributed by atoms with Crippen molar-refractivity contribution in [2.45, 2.75) is 18.2 Å². The Kier molecular flexibility index (Phi) is 7.37. The van der Waals surface area contributed by atoms with Gasteiger partial charge >= 0.3 is 0 Å². The van der Waals surface area contributed by atoms with E-state index in [-0.39, 0.29) is 33.7 Å². The number of ether oxygens (including phenoxy) is 1. The number of para-hydroxylation sites is 2. The van der Waals surface area contributed by atoms with Gasteiger partial charge in [-0.1, -0.05) is 19.1 Å². The average Bonchev–Trinajstić information content (AvgIpc) is 2.63. The van der Waals surface area contributed by atoms with E-state index in [4.69, 9.17) is 4.74 Å². The number of phenolic OH excluding ortho intramolecular Hbond substituents is 1. The van der Waals surface area contributed by atoms with Gasteiger partial charge in [0, 0.05) is 0 Å². The maximum Gasteiger partial charge on any atom is 0.262 e. The molecular formula is C18H22N2O5S2. The minimum absolute atomic E-state index is 0.0417. The molecular weight excluding hydrogens is 388 g/mol. The lowest BCUT2D eigenvalue weighted by Gasteiger charge is -2.13. The lowest BCUT2D eigenvalue weighted by molar-refractivity contribution is -0.113. The number of methoxy groups -OCH3 is 1. The van der Waals surface area contributed by atoms with E-state index in [0.717, 1.165) is 12.2 Å². The number of carbonyl (C=O) groups is 1. The van der Waals surface area contributed by atoms with Crippen molar-refractivity contribution in [3.05, 3.63) is 42.5 Å². The summed E-state index contributed by atoms with van der Waals surface area (Å²) >= 11 is 1.46. The summed E-state index contributed by atoms with van der Waals surface area (Å²) in [6.45, 7) is 2.01. The Morgan fingerprint density at radius 3 is 2.63 bits per heavy atom. The first-order valence-electron chi connectivity index (χ1n) is 8.24. The van der Waals surface area contributed by atoms with E-state index in [1.165, 1.54) is 37.1 Å². The summed E-state index contributed by atoms with van der Waals surface area (Å²) in [7, 11) is -2.50. The highest BCUT2D eigenvalue weighted by molar-refractivity contribution is 7.99. The molecule has 2 rings (SSSR count). The molecule has 0 aromatic heterocycles. The standard InChI is InChI=1S/C18H22N2O5S2/c1-3-10-26-12-18(22)19-15-11-13(8-9-16(15)21)27(23,24)20-14-6-4-5-7-17(14)25-2/h4-9,11,20-21H,3,10,12H2,1-2H3,(H,19,22). The summed E-state index contributed by atoms with van der Waals surface area (Å²) in [6.07, 6.45) is 0.950. The summed E-state index contributed by atoms with van der Waals surface area (Å²) in [6, 6.07) is 10.3. The summed E-state index contributed by atoms with van der Waals surface area (Å²) in [5.74, 6) is 0.929. The van der Waals surface area contributed by atoms with Crippen LogP contribution in [0.25, 0.3) is 0 Å². The molecule has 146 valence electrons. The highest BCUT2D eigenvalue weighted by Crippen LogP contribution is 2.30. The third-order valence-electron chi connectivity index (χ3n) is 3.49. The summed E-state index contributed by atoms with van der Waals surface area (Å²) in [5, 5.41) is 12.5. The highest BCUT2D eigenvalue weighted by Gasteiger charge is 2.19. The van der Waals surface area contributed by atoms with E-state index in [1.54, 1.807) is 24.3 Å². The zero-order valence-electron chi connectivity index (χ0n) is 15.1. The number of carbonyl (C=O) groups excluding carboxylic acids is 1. The maximum absolute atomic E-state index is 12.7. The van der Waals surface area contributed by atoms with Gasteiger partial charge in [-0.3, -0.25) is 9.52 Å². The second-order valence-corrected chi connectivity index (χ2v) is 8.37. The van der Waals surface area contributed by atoms with Gasteiger partial charge in [0.2, 0.25) is 5.91 Å². The second kappa shape index (κ2) is 9.52. The Hall–Kier alpha value is -2.39. The van der Waals surface area contributed by atoms with Crippen LogP contribution in [0.1, 0.15) is 13.3 Å². The lowest BCUT2D eigenvalue weighted by atomic mass is 10.3. The van der Waals surface area contributed by atoms with Crippen LogP contribution in [-0.2, 0) is 14.8 Å². The first-order chi connectivity index (χ1) is 12.9. The third kappa shape index (κ3) is 5.80. The van der Waals surface area contributed by atoms with Crippen LogP contribution >= 0.6 is 11.8 Å². The van der Waals surface area contributed by atoms with Crippen molar-refractivity contribution in [1.29, 1.82) is 0 Å². The van der Waals surface area contributed by atoms with Crippen molar-refractivity contribution in [2.24, 2.45) is 0 Å². The van der Waals surface area contributed by atoms with Crippen molar-refractivity contribution in [3.63, 3.8) is 0 Å². The molecule has 0 aliphatic rings. The minimum atomic E-state index is -3.94. The third-order valence-corrected chi connectivity index (χ3v) is 6.01. The van der Waals surface area contributed by atoms with Crippen LogP contribution < -0.4 is 14.8 Å². The molecule has 0 fully saturated rings. The fraction of sp³-hybridized carbons (Fsp3) is 0.278. The molecule has 1 amide bonds. The number of thioether (sulfide) groups is 1. The van der Waals surface area contributed by atoms with Crippen molar-refractivity contribution in [1.82, 2.24) is 0 Å². The number of phenols is 1. The number of hydrogen-bond acceptors (Lipinski definition) is 6. The van der Waals surface area contributed by atoms with E-state index in [0.29, 0.717) is 5.75 Å². The van der Waals surface area contributed by atoms with Crippen LogP contribution in [0.3, 0.4) is 0 Å². The largest absolute Gasteiger partial charge is 0.506 e. The fourth-order valence-corrected chi connectivity index (χ4v) is 4.00. The second-order valence-electron chi connectivity index (χ2n) is 5.59. The zero-order chi connectivity index (χ0) is 19.9. The van der Waals surface area contributed by atoms with Crippen molar-refractivity contribution in [3.8, 4) is 11.5 Å². The molecule has 0 aliphatic carbocycles. The van der Waals surface area contributed by atoms with Gasteiger partial charge in [-0.05, 0) is 42.5 Å². The normalized spacial score (nSPS) is 11.0. The van der Waals surface area contributed by atoms with Gasteiger partial charge in [0.05, 0.1) is 29.1 Å². The van der Waals surface area contributed by atoms with Gasteiger partial charge in [0.1, 0.15) is 11.5 Å². The van der Waals surface area contributed by atoms with Crippen molar-refractivity contribution < 1.29 is 23.1 Å². The average molecular weight is 411 g/mol. The number of anilines is 2. The summed E-state index contributed by atoms with van der Waals surface area (Å²) in [5.41, 5.74) is 0.328. The number of aromatic hydroxyl groups is 1. The monoisotopic (exact) mass is 410 g/mol. The molecule has 0 unspecified atom stereocenters. The smallest absolute Gasteiger partial charge is 0.262 e. The number of benzene rings is 2. The molecule has 0 saturated heterocycles. The highest BCUT2D eigenvalue weighted by atomic mass is 32.2. The van der Waals surface area contributed by atoms with Gasteiger partial charge in [0.15, 0.2) is 0 Å². The van der Waals surface area contributed by atoms with Crippen LogP contribution in [0.2, 0.25) is 0 Å². The molecule has 0 heterocycles. The molecule has 2 aromatic rings. The molecule has 0 radical (unpaired) electrons. The molecule has 3 N–H and O–H groups in total. The Morgan fingerprint density at radius 1 is 1.19 bits per heavy atom. The minimum Gasteiger partial charge on any atom is -0.506 e. The molecule has 0 atom stereocenters. The van der Waals surface area contributed by atoms with E-state index in [9.17, 15) is 18.3 Å². The fourth-order valence-electron chi connectivity index (χ4n) is 2.21. The van der Waals surface area contributed by atoms with Crippen LogP contribution in [0.4, 0.5) is 11.4 Å². The molecule has 7 nitrogen and oxygen atoms in total. The van der Waals surface area contributed by atoms with E-state index >= 15 is 0 Å². The molecule has 2 aromatic carbocycles. The van der Waals surface area contributed by atoms with Crippen LogP contribution in [-0.4, -0.2) is 38.0 Å². The topological polar surface area (TPSA) is 105 Å². The Balaban J connectivity index is 2.21. The number of amides is 1. The van der Waals surface area contributed by atoms with E-state index in [2.05, 4.69) is 10.0 Å². The van der Waals surface area contributed by atoms with Gasteiger partial charge < -0.3 is 15.2 Å².